The molecule has 0 spiro atoms. The summed E-state index contributed by atoms with van der Waals surface area (Å²) in [7, 11) is 1.61. The van der Waals surface area contributed by atoms with Crippen LogP contribution >= 0.6 is 0 Å². The van der Waals surface area contributed by atoms with E-state index < -0.39 is 0 Å². The third kappa shape index (κ3) is 1.11. The molecule has 0 amide bonds. The number of hydrogen-bond acceptors (Lipinski definition) is 1. The lowest BCUT2D eigenvalue weighted by Crippen LogP contribution is -1.85. The topological polar surface area (TPSA) is 9.23 Å². The highest BCUT2D eigenvalue weighted by molar-refractivity contribution is 5.44. The van der Waals surface area contributed by atoms with Crippen molar-refractivity contribution in [3.05, 3.63) is 29.8 Å². The fraction of sp³-hybridized carbons (Fsp3) is 0.111. The summed E-state index contributed by atoms with van der Waals surface area (Å²) in [6.07, 6.45) is 5.20. The summed E-state index contributed by atoms with van der Waals surface area (Å²) in [5, 5.41) is 0. The van der Waals surface area contributed by atoms with Crippen LogP contribution in [0.1, 0.15) is 5.56 Å². The van der Waals surface area contributed by atoms with Crippen LogP contribution < -0.4 is 4.74 Å². The Labute approximate surface area is 60.6 Å². The lowest BCUT2D eigenvalue weighted by Gasteiger charge is -1.99. The van der Waals surface area contributed by atoms with Gasteiger partial charge in [-0.05, 0) is 12.1 Å². The van der Waals surface area contributed by atoms with E-state index in [1.54, 1.807) is 7.11 Å². The summed E-state index contributed by atoms with van der Waals surface area (Å²) in [6.45, 7) is 0. The average molecular weight is 132 g/mol. The van der Waals surface area contributed by atoms with E-state index in [0.717, 1.165) is 11.3 Å². The van der Waals surface area contributed by atoms with Crippen LogP contribution in [0.3, 0.4) is 0 Å². The minimum atomic E-state index is 0.755. The fourth-order valence-corrected chi connectivity index (χ4v) is 0.764. The summed E-state index contributed by atoms with van der Waals surface area (Å²) >= 11 is 0. The number of benzene rings is 1. The Bertz CT molecular complexity index is 258. The predicted octanol–water partition coefficient (Wildman–Crippen LogP) is 1.68. The third-order valence-electron chi connectivity index (χ3n) is 1.26. The first-order valence-electron chi connectivity index (χ1n) is 2.98. The molecule has 0 aliphatic rings. The number of para-hydroxylation sites is 1. The van der Waals surface area contributed by atoms with Gasteiger partial charge in [-0.2, -0.15) is 0 Å². The van der Waals surface area contributed by atoms with Crippen LogP contribution in [0.25, 0.3) is 0 Å². The molecule has 0 N–H and O–H groups in total. The largest absolute Gasteiger partial charge is 0.495 e. The van der Waals surface area contributed by atoms with Crippen LogP contribution in [0.15, 0.2) is 24.3 Å². The Kier molecular flexibility index (Phi) is 1.96. The zero-order valence-corrected chi connectivity index (χ0v) is 5.79. The number of ether oxygens (including phenoxy) is 1. The van der Waals surface area contributed by atoms with Gasteiger partial charge in [0.25, 0.3) is 0 Å². The minimum absolute atomic E-state index is 0.755. The SMILES string of the molecule is C#Cc1ccccc1OC. The standard InChI is InChI=1S/C9H8O/c1-3-8-6-4-5-7-9(8)10-2/h1,4-7H,2H3. The van der Waals surface area contributed by atoms with Crippen molar-refractivity contribution in [1.82, 2.24) is 0 Å². The minimum Gasteiger partial charge on any atom is -0.495 e. The molecule has 0 atom stereocenters. The Morgan fingerprint density at radius 1 is 1.40 bits per heavy atom. The van der Waals surface area contributed by atoms with E-state index in [4.69, 9.17) is 11.2 Å². The molecule has 0 aromatic heterocycles. The number of terminal acetylenes is 1. The van der Waals surface area contributed by atoms with Crippen LogP contribution in [-0.4, -0.2) is 7.11 Å². The van der Waals surface area contributed by atoms with Gasteiger partial charge in [0.05, 0.1) is 12.7 Å². The first-order chi connectivity index (χ1) is 4.88. The average Bonchev–Trinajstić information content (AvgIpc) is 2.04. The van der Waals surface area contributed by atoms with Crippen molar-refractivity contribution in [2.24, 2.45) is 0 Å². The Morgan fingerprint density at radius 3 is 2.60 bits per heavy atom. The molecule has 1 aromatic rings. The molecule has 0 aliphatic heterocycles. The molecule has 1 rings (SSSR count). The summed E-state index contributed by atoms with van der Waals surface area (Å²) in [5.74, 6) is 3.28. The monoisotopic (exact) mass is 132 g/mol. The molecular weight excluding hydrogens is 124 g/mol. The van der Waals surface area contributed by atoms with Gasteiger partial charge in [0.2, 0.25) is 0 Å². The van der Waals surface area contributed by atoms with Crippen LogP contribution in [0.4, 0.5) is 0 Å². The molecule has 0 aliphatic carbocycles. The molecule has 0 heterocycles. The molecule has 1 heteroatoms. The second-order valence-corrected chi connectivity index (χ2v) is 1.84. The van der Waals surface area contributed by atoms with E-state index in [1.165, 1.54) is 0 Å². The van der Waals surface area contributed by atoms with Crippen LogP contribution in [0.2, 0.25) is 0 Å². The van der Waals surface area contributed by atoms with Gasteiger partial charge in [-0.25, -0.2) is 0 Å². The molecule has 1 nitrogen and oxygen atoms in total. The van der Waals surface area contributed by atoms with Gasteiger partial charge in [-0.3, -0.25) is 0 Å². The van der Waals surface area contributed by atoms with E-state index in [9.17, 15) is 0 Å². The van der Waals surface area contributed by atoms with Gasteiger partial charge < -0.3 is 4.74 Å². The van der Waals surface area contributed by atoms with Gasteiger partial charge >= 0.3 is 0 Å². The number of rotatable bonds is 1. The van der Waals surface area contributed by atoms with E-state index in [0.29, 0.717) is 0 Å². The molecule has 0 fully saturated rings. The molecule has 0 unspecified atom stereocenters. The van der Waals surface area contributed by atoms with Gasteiger partial charge in [0, 0.05) is 0 Å². The highest BCUT2D eigenvalue weighted by Crippen LogP contribution is 2.14. The molecule has 1 aromatic carbocycles. The van der Waals surface area contributed by atoms with E-state index in [-0.39, 0.29) is 0 Å². The van der Waals surface area contributed by atoms with Crippen molar-refractivity contribution in [3.8, 4) is 18.1 Å². The van der Waals surface area contributed by atoms with Crippen LogP contribution in [0.5, 0.6) is 5.75 Å². The first kappa shape index (κ1) is 6.70. The van der Waals surface area contributed by atoms with Crippen molar-refractivity contribution >= 4 is 0 Å². The van der Waals surface area contributed by atoms with Crippen LogP contribution in [-0.2, 0) is 0 Å². The Hall–Kier alpha value is -1.42. The smallest absolute Gasteiger partial charge is 0.134 e. The second-order valence-electron chi connectivity index (χ2n) is 1.84. The lowest BCUT2D eigenvalue weighted by atomic mass is 10.2. The summed E-state index contributed by atoms with van der Waals surface area (Å²) in [4.78, 5) is 0. The number of methoxy groups -OCH3 is 1. The first-order valence-corrected chi connectivity index (χ1v) is 2.98. The van der Waals surface area contributed by atoms with E-state index >= 15 is 0 Å². The molecule has 0 saturated carbocycles. The summed E-state index contributed by atoms with van der Waals surface area (Å²) in [6, 6.07) is 7.46. The molecule has 10 heavy (non-hydrogen) atoms. The molecule has 50 valence electrons. The fourth-order valence-electron chi connectivity index (χ4n) is 0.764. The maximum absolute atomic E-state index is 5.20. The highest BCUT2D eigenvalue weighted by Gasteiger charge is 1.94. The quantitative estimate of drug-likeness (QED) is 0.528. The van der Waals surface area contributed by atoms with Gasteiger partial charge in [-0.15, -0.1) is 6.42 Å². The van der Waals surface area contributed by atoms with Gasteiger partial charge in [0.1, 0.15) is 5.75 Å². The van der Waals surface area contributed by atoms with E-state index in [2.05, 4.69) is 5.92 Å². The lowest BCUT2D eigenvalue weighted by molar-refractivity contribution is 0.413. The summed E-state index contributed by atoms with van der Waals surface area (Å²) in [5.41, 5.74) is 0.796. The van der Waals surface area contributed by atoms with Crippen molar-refractivity contribution in [2.75, 3.05) is 7.11 Å². The van der Waals surface area contributed by atoms with Crippen LogP contribution in [0, 0.1) is 12.3 Å². The molecule has 0 radical (unpaired) electrons. The van der Waals surface area contributed by atoms with Crippen molar-refractivity contribution < 1.29 is 4.74 Å². The molecule has 0 bridgehead atoms. The number of hydrogen-bond donors (Lipinski definition) is 0. The summed E-state index contributed by atoms with van der Waals surface area (Å²) < 4.78 is 4.99. The zero-order valence-electron chi connectivity index (χ0n) is 5.79. The predicted molar refractivity (Wildman–Crippen MR) is 40.9 cm³/mol. The molecule has 0 saturated heterocycles. The third-order valence-corrected chi connectivity index (χ3v) is 1.26. The Balaban J connectivity index is 3.12. The zero-order chi connectivity index (χ0) is 7.40. The molecular formula is C9H8O. The van der Waals surface area contributed by atoms with Crippen molar-refractivity contribution in [3.63, 3.8) is 0 Å². The van der Waals surface area contributed by atoms with E-state index in [1.807, 2.05) is 24.3 Å². The van der Waals surface area contributed by atoms with Crippen molar-refractivity contribution in [2.45, 2.75) is 0 Å². The Morgan fingerprint density at radius 2 is 2.10 bits per heavy atom. The van der Waals surface area contributed by atoms with Gasteiger partial charge in [-0.1, -0.05) is 18.1 Å². The maximum atomic E-state index is 5.20. The highest BCUT2D eigenvalue weighted by atomic mass is 16.5. The maximum Gasteiger partial charge on any atom is 0.134 e. The van der Waals surface area contributed by atoms with Crippen molar-refractivity contribution in [1.29, 1.82) is 0 Å². The normalized spacial score (nSPS) is 8.40. The van der Waals surface area contributed by atoms with Gasteiger partial charge in [0.15, 0.2) is 0 Å². The second kappa shape index (κ2) is 2.93.